The quantitative estimate of drug-likeness (QED) is 0.590. The van der Waals surface area contributed by atoms with Crippen molar-refractivity contribution in [2.24, 2.45) is 0 Å². The highest BCUT2D eigenvalue weighted by molar-refractivity contribution is 7.17. The summed E-state index contributed by atoms with van der Waals surface area (Å²) in [5.74, 6) is -0.112. The van der Waals surface area contributed by atoms with E-state index in [0.717, 1.165) is 17.0 Å². The molecule has 0 radical (unpaired) electrons. The van der Waals surface area contributed by atoms with E-state index in [1.807, 2.05) is 54.6 Å². The highest BCUT2D eigenvalue weighted by Crippen LogP contribution is 2.29. The summed E-state index contributed by atoms with van der Waals surface area (Å²) in [6.07, 6.45) is 0. The molecule has 1 amide bonds. The van der Waals surface area contributed by atoms with Crippen molar-refractivity contribution >= 4 is 28.9 Å². The third kappa shape index (κ3) is 4.37. The van der Waals surface area contributed by atoms with E-state index in [4.69, 9.17) is 9.47 Å². The number of ether oxygens (including phenoxy) is 2. The van der Waals surface area contributed by atoms with Gasteiger partial charge in [-0.05, 0) is 43.3 Å². The summed E-state index contributed by atoms with van der Waals surface area (Å²) in [6.45, 7) is 1.41. The van der Waals surface area contributed by atoms with Crippen LogP contribution in [0.5, 0.6) is 5.75 Å². The van der Waals surface area contributed by atoms with Gasteiger partial charge in [-0.3, -0.25) is 4.79 Å². The first-order valence-electron chi connectivity index (χ1n) is 8.60. The second-order valence-electron chi connectivity index (χ2n) is 6.03. The Labute approximate surface area is 167 Å². The lowest BCUT2D eigenvalue weighted by atomic mass is 10.2. The molecule has 0 N–H and O–H groups in total. The van der Waals surface area contributed by atoms with E-state index in [0.29, 0.717) is 15.6 Å². The van der Waals surface area contributed by atoms with Crippen LogP contribution in [0.25, 0.3) is 10.6 Å². The molecule has 0 saturated carbocycles. The molecule has 0 aliphatic heterocycles. The van der Waals surface area contributed by atoms with Crippen molar-refractivity contribution in [1.82, 2.24) is 4.98 Å². The molecule has 0 aliphatic rings. The lowest BCUT2D eigenvalue weighted by Gasteiger charge is -2.16. The zero-order valence-corrected chi connectivity index (χ0v) is 16.7. The summed E-state index contributed by atoms with van der Waals surface area (Å²) >= 11 is 1.24. The topological polar surface area (TPSA) is 68.7 Å². The van der Waals surface area contributed by atoms with Crippen LogP contribution in [0, 0.1) is 6.92 Å². The number of para-hydroxylation sites is 1. The van der Waals surface area contributed by atoms with Crippen molar-refractivity contribution in [1.29, 1.82) is 0 Å². The highest BCUT2D eigenvalue weighted by atomic mass is 32.1. The van der Waals surface area contributed by atoms with Crippen molar-refractivity contribution in [2.75, 3.05) is 25.7 Å². The molecule has 0 saturated heterocycles. The van der Waals surface area contributed by atoms with Crippen LogP contribution >= 0.6 is 11.3 Å². The molecule has 0 fully saturated rings. The average Bonchev–Trinajstić information content (AvgIpc) is 3.13. The van der Waals surface area contributed by atoms with E-state index in [1.54, 1.807) is 21.1 Å². The van der Waals surface area contributed by atoms with Crippen molar-refractivity contribution in [3.63, 3.8) is 0 Å². The minimum atomic E-state index is -0.551. The Morgan fingerprint density at radius 1 is 1.07 bits per heavy atom. The number of methoxy groups -OCH3 is 1. The summed E-state index contributed by atoms with van der Waals surface area (Å²) in [7, 11) is 3.25. The van der Waals surface area contributed by atoms with Gasteiger partial charge < -0.3 is 14.4 Å². The second kappa shape index (κ2) is 8.67. The molecular weight excluding hydrogens is 376 g/mol. The molecule has 0 spiro atoms. The van der Waals surface area contributed by atoms with Crippen LogP contribution in [0.1, 0.15) is 15.4 Å². The molecule has 1 heterocycles. The van der Waals surface area contributed by atoms with Gasteiger partial charge in [-0.15, -0.1) is 11.3 Å². The van der Waals surface area contributed by atoms with Crippen LogP contribution in [0.3, 0.4) is 0 Å². The molecule has 7 heteroatoms. The number of benzene rings is 2. The van der Waals surface area contributed by atoms with Crippen LogP contribution in [0.4, 0.5) is 5.69 Å². The largest absolute Gasteiger partial charge is 0.497 e. The van der Waals surface area contributed by atoms with Crippen LogP contribution in [-0.4, -0.2) is 37.6 Å². The minimum absolute atomic E-state index is 0.308. The first kappa shape index (κ1) is 19.6. The lowest BCUT2D eigenvalue weighted by Crippen LogP contribution is -2.31. The van der Waals surface area contributed by atoms with Crippen LogP contribution < -0.4 is 9.64 Å². The van der Waals surface area contributed by atoms with Gasteiger partial charge in [0, 0.05) is 18.3 Å². The number of nitrogens with zero attached hydrogens (tertiary/aromatic N) is 2. The predicted molar refractivity (Wildman–Crippen MR) is 109 cm³/mol. The molecular formula is C21H20N2O4S. The third-order valence-electron chi connectivity index (χ3n) is 4.16. The van der Waals surface area contributed by atoms with Crippen molar-refractivity contribution in [3.8, 4) is 16.3 Å². The smallest absolute Gasteiger partial charge is 0.350 e. The summed E-state index contributed by atoms with van der Waals surface area (Å²) in [5.41, 5.74) is 2.19. The second-order valence-corrected chi connectivity index (χ2v) is 7.03. The van der Waals surface area contributed by atoms with Crippen LogP contribution in [-0.2, 0) is 9.53 Å². The first-order chi connectivity index (χ1) is 13.5. The number of carbonyl (C=O) groups excluding carboxylic acids is 2. The summed E-state index contributed by atoms with van der Waals surface area (Å²) in [6, 6.07) is 16.6. The Morgan fingerprint density at radius 3 is 2.39 bits per heavy atom. The van der Waals surface area contributed by atoms with Crippen molar-refractivity contribution in [3.05, 3.63) is 65.2 Å². The summed E-state index contributed by atoms with van der Waals surface area (Å²) < 4.78 is 10.4. The van der Waals surface area contributed by atoms with Crippen LogP contribution in [0.15, 0.2) is 54.6 Å². The zero-order valence-electron chi connectivity index (χ0n) is 15.8. The number of amides is 1. The van der Waals surface area contributed by atoms with Gasteiger partial charge in [0.2, 0.25) is 0 Å². The number of rotatable bonds is 6. The normalized spacial score (nSPS) is 10.4. The molecule has 0 aliphatic carbocycles. The van der Waals surface area contributed by atoms with Gasteiger partial charge in [0.25, 0.3) is 5.91 Å². The van der Waals surface area contributed by atoms with E-state index in [1.165, 1.54) is 16.2 Å². The Balaban J connectivity index is 1.66. The van der Waals surface area contributed by atoms with Crippen molar-refractivity contribution < 1.29 is 19.1 Å². The number of hydrogen-bond acceptors (Lipinski definition) is 6. The molecule has 2 aromatic carbocycles. The fraction of sp³-hybridized carbons (Fsp3) is 0.190. The van der Waals surface area contributed by atoms with Crippen molar-refractivity contribution in [2.45, 2.75) is 6.92 Å². The molecule has 144 valence electrons. The maximum atomic E-state index is 12.4. The maximum absolute atomic E-state index is 12.4. The van der Waals surface area contributed by atoms with E-state index in [-0.39, 0.29) is 12.5 Å². The Kier molecular flexibility index (Phi) is 6.06. The first-order valence-corrected chi connectivity index (χ1v) is 9.42. The monoisotopic (exact) mass is 396 g/mol. The molecule has 28 heavy (non-hydrogen) atoms. The van der Waals surface area contributed by atoms with Gasteiger partial charge in [-0.25, -0.2) is 9.78 Å². The van der Waals surface area contributed by atoms with Gasteiger partial charge >= 0.3 is 5.97 Å². The molecule has 0 unspecified atom stereocenters. The average molecular weight is 396 g/mol. The van der Waals surface area contributed by atoms with Gasteiger partial charge in [0.15, 0.2) is 6.61 Å². The van der Waals surface area contributed by atoms with E-state index in [9.17, 15) is 9.59 Å². The Morgan fingerprint density at radius 2 is 1.75 bits per heavy atom. The summed E-state index contributed by atoms with van der Waals surface area (Å²) in [5, 5.41) is 0.708. The SMILES string of the molecule is COc1ccc(-c2nc(C)c(C(=O)OCC(=O)N(C)c3ccccc3)s2)cc1. The molecule has 6 nitrogen and oxygen atoms in total. The van der Waals surface area contributed by atoms with Gasteiger partial charge in [-0.2, -0.15) is 0 Å². The van der Waals surface area contributed by atoms with E-state index >= 15 is 0 Å². The fourth-order valence-electron chi connectivity index (χ4n) is 2.53. The molecule has 0 bridgehead atoms. The molecule has 3 aromatic rings. The highest BCUT2D eigenvalue weighted by Gasteiger charge is 2.20. The van der Waals surface area contributed by atoms with E-state index in [2.05, 4.69) is 4.98 Å². The standard InChI is InChI=1S/C21H20N2O4S/c1-14-19(28-20(22-14)15-9-11-17(26-3)12-10-15)21(25)27-13-18(24)23(2)16-7-5-4-6-8-16/h4-12H,13H2,1-3H3. The number of carbonyl (C=O) groups is 2. The number of thiazole rings is 1. The van der Waals surface area contributed by atoms with E-state index < -0.39 is 5.97 Å². The number of aryl methyl sites for hydroxylation is 1. The van der Waals surface area contributed by atoms with Gasteiger partial charge in [-0.1, -0.05) is 18.2 Å². The minimum Gasteiger partial charge on any atom is -0.497 e. The fourth-order valence-corrected chi connectivity index (χ4v) is 3.49. The zero-order chi connectivity index (χ0) is 20.1. The molecule has 3 rings (SSSR count). The van der Waals surface area contributed by atoms with Gasteiger partial charge in [0.05, 0.1) is 12.8 Å². The molecule has 0 atom stereocenters. The summed E-state index contributed by atoms with van der Waals surface area (Å²) in [4.78, 5) is 31.0. The number of likely N-dealkylation sites (N-methyl/N-ethyl adjacent to an activating group) is 1. The predicted octanol–water partition coefficient (Wildman–Crippen LogP) is 3.95. The number of anilines is 1. The number of esters is 1. The maximum Gasteiger partial charge on any atom is 0.350 e. The lowest BCUT2D eigenvalue weighted by molar-refractivity contribution is -0.121. The third-order valence-corrected chi connectivity index (χ3v) is 5.35. The van der Waals surface area contributed by atoms with Crippen LogP contribution in [0.2, 0.25) is 0 Å². The Bertz CT molecular complexity index is 968. The Hall–Kier alpha value is -3.19. The van der Waals surface area contributed by atoms with Gasteiger partial charge in [0.1, 0.15) is 15.6 Å². The number of hydrogen-bond donors (Lipinski definition) is 0. The number of aromatic nitrogens is 1. The molecule has 1 aromatic heterocycles.